The van der Waals surface area contributed by atoms with Gasteiger partial charge in [0.15, 0.2) is 30.7 Å². The standard InChI is InChI=1S/C36H68O4Si3/c1-25(2)16-15-17-26(3)27-19-21-36(40-43(12,13)14)29-22-31(37)30-23-32(38-41(6,7)8)33(39-42(9,10)11)24-34(30,4)28(29)18-20-35(27,36)5/h22,25-28,30,32-33H,15-21,23-24H2,1-14H3/t26-,27-,28+,30+,32-,33+,34-,35-,36-/m1/s1. The van der Waals surface area contributed by atoms with Gasteiger partial charge in [0.1, 0.15) is 0 Å². The molecule has 0 aromatic rings. The predicted octanol–water partition coefficient (Wildman–Crippen LogP) is 10.2. The van der Waals surface area contributed by atoms with Crippen LogP contribution in [0.4, 0.5) is 0 Å². The van der Waals surface area contributed by atoms with Crippen LogP contribution >= 0.6 is 0 Å². The molecule has 248 valence electrons. The molecule has 4 rings (SSSR count). The molecule has 0 saturated heterocycles. The maximum atomic E-state index is 14.4. The Bertz CT molecular complexity index is 1050. The molecular weight excluding hydrogens is 581 g/mol. The zero-order valence-corrected chi connectivity index (χ0v) is 33.6. The van der Waals surface area contributed by atoms with Gasteiger partial charge in [0.05, 0.1) is 17.8 Å². The van der Waals surface area contributed by atoms with Crippen molar-refractivity contribution in [1.82, 2.24) is 0 Å². The van der Waals surface area contributed by atoms with Gasteiger partial charge >= 0.3 is 0 Å². The smallest absolute Gasteiger partial charge is 0.184 e. The summed E-state index contributed by atoms with van der Waals surface area (Å²) in [5, 5.41) is 0. The third kappa shape index (κ3) is 7.27. The van der Waals surface area contributed by atoms with Crippen molar-refractivity contribution in [3.05, 3.63) is 11.6 Å². The number of fused-ring (bicyclic) bond motifs is 5. The average molecular weight is 649 g/mol. The largest absolute Gasteiger partial charge is 0.412 e. The Morgan fingerprint density at radius 2 is 1.42 bits per heavy atom. The number of carbonyl (C=O) groups is 1. The Hall–Kier alpha value is -0.0594. The maximum Gasteiger partial charge on any atom is 0.184 e. The first-order chi connectivity index (χ1) is 19.5. The van der Waals surface area contributed by atoms with Gasteiger partial charge in [-0.3, -0.25) is 4.79 Å². The average Bonchev–Trinajstić information content (AvgIpc) is 3.10. The molecular formula is C36H68O4Si3. The van der Waals surface area contributed by atoms with Gasteiger partial charge in [0, 0.05) is 11.3 Å². The minimum atomic E-state index is -1.93. The van der Waals surface area contributed by atoms with Crippen LogP contribution in [-0.2, 0) is 18.1 Å². The molecule has 3 fully saturated rings. The van der Waals surface area contributed by atoms with Crippen LogP contribution in [-0.4, -0.2) is 48.5 Å². The summed E-state index contributed by atoms with van der Waals surface area (Å²) < 4.78 is 21.3. The Labute approximate surface area is 269 Å². The van der Waals surface area contributed by atoms with E-state index < -0.39 is 25.0 Å². The lowest BCUT2D eigenvalue weighted by Gasteiger charge is -2.63. The lowest BCUT2D eigenvalue weighted by Crippen LogP contribution is -2.64. The summed E-state index contributed by atoms with van der Waals surface area (Å²) in [5.41, 5.74) is 1.01. The van der Waals surface area contributed by atoms with Crippen LogP contribution < -0.4 is 0 Å². The SMILES string of the molecule is CC(C)CCC[C@@H](C)[C@H]1CC[C@@]2(O[Si](C)(C)C)C3=CC(=O)[C@@H]4C[C@@H](O[Si](C)(C)C)[C@@H](O[Si](C)(C)C)C[C@]4(C)[C@H]3CC[C@]12C. The van der Waals surface area contributed by atoms with Gasteiger partial charge in [-0.25, -0.2) is 0 Å². The quantitative estimate of drug-likeness (QED) is 0.209. The molecule has 0 amide bonds. The molecule has 0 aliphatic heterocycles. The maximum absolute atomic E-state index is 14.4. The van der Waals surface area contributed by atoms with Crippen LogP contribution in [0.3, 0.4) is 0 Å². The molecule has 0 N–H and O–H groups in total. The fraction of sp³-hybridized carbons (Fsp3) is 0.917. The molecule has 0 spiro atoms. The Morgan fingerprint density at radius 1 is 0.814 bits per heavy atom. The van der Waals surface area contributed by atoms with Gasteiger partial charge in [-0.15, -0.1) is 0 Å². The van der Waals surface area contributed by atoms with E-state index >= 15 is 0 Å². The van der Waals surface area contributed by atoms with Gasteiger partial charge in [0.25, 0.3) is 0 Å². The lowest BCUT2D eigenvalue weighted by molar-refractivity contribution is -0.148. The highest BCUT2D eigenvalue weighted by Crippen LogP contribution is 2.70. The van der Waals surface area contributed by atoms with Crippen molar-refractivity contribution >= 4 is 30.7 Å². The zero-order chi connectivity index (χ0) is 32.4. The summed E-state index contributed by atoms with van der Waals surface area (Å²) in [6, 6.07) is 0. The van der Waals surface area contributed by atoms with Crippen LogP contribution in [0, 0.1) is 40.4 Å². The second-order valence-corrected chi connectivity index (χ2v) is 32.4. The number of rotatable bonds is 11. The minimum Gasteiger partial charge on any atom is -0.412 e. The summed E-state index contributed by atoms with van der Waals surface area (Å²) >= 11 is 0. The topological polar surface area (TPSA) is 44.8 Å². The molecule has 9 atom stereocenters. The van der Waals surface area contributed by atoms with Crippen molar-refractivity contribution in [3.63, 3.8) is 0 Å². The van der Waals surface area contributed by atoms with Crippen LogP contribution in [0.5, 0.6) is 0 Å². The minimum absolute atomic E-state index is 0.00419. The molecule has 7 heteroatoms. The zero-order valence-electron chi connectivity index (χ0n) is 30.6. The van der Waals surface area contributed by atoms with Crippen molar-refractivity contribution in [2.24, 2.45) is 40.4 Å². The summed E-state index contributed by atoms with van der Waals surface area (Å²) in [4.78, 5) is 14.4. The monoisotopic (exact) mass is 648 g/mol. The molecule has 4 aliphatic carbocycles. The number of allylic oxidation sites excluding steroid dienone is 1. The summed E-state index contributed by atoms with van der Waals surface area (Å²) in [6.07, 6.45) is 12.5. The van der Waals surface area contributed by atoms with Crippen molar-refractivity contribution in [1.29, 1.82) is 0 Å². The predicted molar refractivity (Wildman–Crippen MR) is 189 cm³/mol. The number of hydrogen-bond donors (Lipinski definition) is 0. The molecule has 0 radical (unpaired) electrons. The van der Waals surface area contributed by atoms with Crippen LogP contribution in [0.2, 0.25) is 58.9 Å². The fourth-order valence-corrected chi connectivity index (χ4v) is 14.0. The van der Waals surface area contributed by atoms with Crippen molar-refractivity contribution in [3.8, 4) is 0 Å². The highest BCUT2D eigenvalue weighted by molar-refractivity contribution is 6.70. The second kappa shape index (κ2) is 12.2. The van der Waals surface area contributed by atoms with E-state index in [-0.39, 0.29) is 34.6 Å². The second-order valence-electron chi connectivity index (χ2n) is 19.0. The van der Waals surface area contributed by atoms with Gasteiger partial charge in [-0.2, -0.15) is 0 Å². The normalized spacial score (nSPS) is 39.3. The first kappa shape index (κ1) is 35.8. The van der Waals surface area contributed by atoms with Gasteiger partial charge in [-0.05, 0) is 138 Å². The molecule has 0 unspecified atom stereocenters. The van der Waals surface area contributed by atoms with E-state index in [4.69, 9.17) is 13.3 Å². The van der Waals surface area contributed by atoms with Gasteiger partial charge in [0.2, 0.25) is 0 Å². The van der Waals surface area contributed by atoms with Crippen LogP contribution in [0.1, 0.15) is 92.4 Å². The third-order valence-electron chi connectivity index (χ3n) is 11.7. The van der Waals surface area contributed by atoms with Gasteiger partial charge in [-0.1, -0.05) is 53.9 Å². The van der Waals surface area contributed by atoms with E-state index in [9.17, 15) is 4.79 Å². The van der Waals surface area contributed by atoms with Crippen molar-refractivity contribution < 1.29 is 18.1 Å². The van der Waals surface area contributed by atoms with E-state index in [1.807, 2.05) is 0 Å². The molecule has 0 heterocycles. The first-order valence-corrected chi connectivity index (χ1v) is 28.1. The van der Waals surface area contributed by atoms with E-state index in [1.54, 1.807) is 0 Å². The lowest BCUT2D eigenvalue weighted by atomic mass is 9.46. The van der Waals surface area contributed by atoms with Crippen LogP contribution in [0.25, 0.3) is 0 Å². The molecule has 0 bridgehead atoms. The Balaban J connectivity index is 1.75. The number of ketones is 1. The molecule has 0 aromatic heterocycles. The Kier molecular flexibility index (Phi) is 10.1. The highest BCUT2D eigenvalue weighted by atomic mass is 28.4. The van der Waals surface area contributed by atoms with E-state index in [2.05, 4.69) is 99.6 Å². The molecule has 4 nitrogen and oxygen atoms in total. The Morgan fingerprint density at radius 3 is 1.98 bits per heavy atom. The molecule has 43 heavy (non-hydrogen) atoms. The number of hydrogen-bond acceptors (Lipinski definition) is 4. The molecule has 3 saturated carbocycles. The summed E-state index contributed by atoms with van der Waals surface area (Å²) in [7, 11) is -5.55. The first-order valence-electron chi connectivity index (χ1n) is 17.8. The van der Waals surface area contributed by atoms with E-state index in [0.29, 0.717) is 23.5 Å². The number of carbonyl (C=O) groups excluding carboxylic acids is 1. The molecule has 4 aliphatic rings. The third-order valence-corrected chi connectivity index (χ3v) is 14.7. The highest BCUT2D eigenvalue weighted by Gasteiger charge is 2.68. The van der Waals surface area contributed by atoms with Crippen molar-refractivity contribution in [2.45, 2.75) is 169 Å². The van der Waals surface area contributed by atoms with Crippen LogP contribution in [0.15, 0.2) is 11.6 Å². The summed E-state index contributed by atoms with van der Waals surface area (Å²) in [6.45, 7) is 33.0. The molecule has 0 aromatic carbocycles. The van der Waals surface area contributed by atoms with E-state index in [0.717, 1.165) is 31.6 Å². The van der Waals surface area contributed by atoms with E-state index in [1.165, 1.54) is 37.7 Å². The summed E-state index contributed by atoms with van der Waals surface area (Å²) in [5.74, 6) is 2.80. The van der Waals surface area contributed by atoms with Gasteiger partial charge < -0.3 is 13.3 Å². The fourth-order valence-electron chi connectivity index (χ4n) is 10.2. The van der Waals surface area contributed by atoms with Crippen molar-refractivity contribution in [2.75, 3.05) is 0 Å².